The molecule has 0 bridgehead atoms. The van der Waals surface area contributed by atoms with Crippen LogP contribution in [0.25, 0.3) is 0 Å². The monoisotopic (exact) mass is 675 g/mol. The lowest BCUT2D eigenvalue weighted by Gasteiger charge is -2.46. The third-order valence-corrected chi connectivity index (χ3v) is 6.81. The van der Waals surface area contributed by atoms with Crippen molar-refractivity contribution in [2.45, 2.75) is 61.3 Å². The summed E-state index contributed by atoms with van der Waals surface area (Å²) in [7, 11) is -21.9. The smallest absolute Gasteiger partial charge is 0.397 e. The Hall–Kier alpha value is -1.29. The minimum atomic E-state index is -5.65. The Labute approximate surface area is 224 Å². The molecule has 2 aliphatic heterocycles. The van der Waals surface area contributed by atoms with Crippen molar-refractivity contribution in [1.29, 1.82) is 0 Å². The predicted molar refractivity (Wildman–Crippen MR) is 113 cm³/mol. The van der Waals surface area contributed by atoms with Crippen LogP contribution in [0.4, 0.5) is 0 Å². The standard InChI is InChI=1S/C12H21NO23S4/c14-4-2(1-31-38(22,23)24)32-12(3(13-37(19,20)21)6(4)35-39(25,26)27)34-7-5(15)8(36-40(28,29)30)11(18)33-9(7)10(16)17/h2-9,11-15,18H,1H2,(H,16,17)(H,19,20,21)(H,22,23,24)(H,25,26,27)(H,28,29,30)/t2-,3-,4-,5?,6-,7+,8-,9-,11-,12-/m1/s1. The Morgan fingerprint density at radius 3 is 1.73 bits per heavy atom. The molecule has 40 heavy (non-hydrogen) atoms. The molecule has 2 aliphatic rings. The van der Waals surface area contributed by atoms with Crippen molar-refractivity contribution >= 4 is 47.5 Å². The molecule has 0 saturated carbocycles. The molecule has 28 heteroatoms. The van der Waals surface area contributed by atoms with Crippen LogP contribution in [0.5, 0.6) is 0 Å². The van der Waals surface area contributed by atoms with Gasteiger partial charge in [-0.25, -0.2) is 17.3 Å². The second kappa shape index (κ2) is 12.5. The molecular weight excluding hydrogens is 654 g/mol. The maximum Gasteiger partial charge on any atom is 0.397 e. The summed E-state index contributed by atoms with van der Waals surface area (Å²) in [6, 6.07) is -2.57. The SMILES string of the molecule is O=C(O)[C@@H]1O[C@@H](O)[C@H](OS(=O)(=O)O)C(O)[C@@H]1O[C@H]1O[C@H](COS(=O)(=O)O)[C@@H](O)[C@H](OS(=O)(=O)O)[C@H]1NS(=O)(=O)O. The molecule has 10 atom stereocenters. The number of nitrogens with one attached hydrogen (secondary N) is 1. The fourth-order valence-electron chi connectivity index (χ4n) is 3.47. The number of aliphatic hydroxyl groups is 3. The summed E-state index contributed by atoms with van der Waals surface area (Å²) in [6.45, 7) is -1.44. The van der Waals surface area contributed by atoms with E-state index in [2.05, 4.69) is 17.3 Å². The van der Waals surface area contributed by atoms with E-state index in [-0.39, 0.29) is 0 Å². The molecule has 2 fully saturated rings. The number of hydrogen-bond donors (Lipinski definition) is 9. The minimum Gasteiger partial charge on any atom is -0.479 e. The Morgan fingerprint density at radius 2 is 1.27 bits per heavy atom. The van der Waals surface area contributed by atoms with Gasteiger partial charge in [0, 0.05) is 0 Å². The van der Waals surface area contributed by atoms with Crippen molar-refractivity contribution in [1.82, 2.24) is 4.72 Å². The highest BCUT2D eigenvalue weighted by molar-refractivity contribution is 7.83. The number of rotatable bonds is 12. The number of aliphatic hydroxyl groups excluding tert-OH is 3. The molecular formula is C12H21NO23S4. The highest BCUT2D eigenvalue weighted by atomic mass is 32.3. The van der Waals surface area contributed by atoms with E-state index < -0.39 is 115 Å². The topological polar surface area (TPSA) is 383 Å². The number of carboxylic acid groups (broad SMARTS) is 1. The molecule has 24 nitrogen and oxygen atoms in total. The molecule has 1 unspecified atom stereocenters. The molecule has 0 aliphatic carbocycles. The molecule has 0 aromatic carbocycles. The van der Waals surface area contributed by atoms with E-state index >= 15 is 0 Å². The number of ether oxygens (including phenoxy) is 3. The summed E-state index contributed by atoms with van der Waals surface area (Å²) in [5.74, 6) is -2.07. The number of hydrogen-bond acceptors (Lipinski definition) is 18. The van der Waals surface area contributed by atoms with Crippen molar-refractivity contribution in [3.05, 3.63) is 0 Å². The van der Waals surface area contributed by atoms with E-state index in [9.17, 15) is 63.4 Å². The number of carbonyl (C=O) groups is 1. The van der Waals surface area contributed by atoms with E-state index in [4.69, 9.17) is 23.1 Å². The van der Waals surface area contributed by atoms with Gasteiger partial charge in [0.1, 0.15) is 36.6 Å². The molecule has 2 heterocycles. The van der Waals surface area contributed by atoms with Gasteiger partial charge in [0.05, 0.1) is 6.61 Å². The van der Waals surface area contributed by atoms with Crippen LogP contribution in [-0.2, 0) is 73.1 Å². The maximum absolute atomic E-state index is 11.7. The average Bonchev–Trinajstić information content (AvgIpc) is 2.73. The van der Waals surface area contributed by atoms with Crippen LogP contribution in [-0.4, -0.2) is 146 Å². The summed E-state index contributed by atoms with van der Waals surface area (Å²) >= 11 is 0. The fourth-order valence-corrected chi connectivity index (χ4v) is 5.37. The van der Waals surface area contributed by atoms with Crippen molar-refractivity contribution in [3.63, 3.8) is 0 Å². The van der Waals surface area contributed by atoms with Crippen LogP contribution in [0.1, 0.15) is 0 Å². The maximum atomic E-state index is 11.7. The number of aliphatic carboxylic acids is 1. The van der Waals surface area contributed by atoms with E-state index in [1.807, 2.05) is 0 Å². The van der Waals surface area contributed by atoms with Gasteiger partial charge in [-0.1, -0.05) is 0 Å². The van der Waals surface area contributed by atoms with E-state index in [0.29, 0.717) is 0 Å². The van der Waals surface area contributed by atoms with Crippen molar-refractivity contribution in [3.8, 4) is 0 Å². The first-order valence-corrected chi connectivity index (χ1v) is 15.3. The zero-order valence-electron chi connectivity index (χ0n) is 18.8. The van der Waals surface area contributed by atoms with Gasteiger partial charge in [0.15, 0.2) is 24.8 Å². The minimum absolute atomic E-state index is 1.23. The summed E-state index contributed by atoms with van der Waals surface area (Å²) in [6.07, 6.45) is -22.9. The highest BCUT2D eigenvalue weighted by Gasteiger charge is 2.56. The van der Waals surface area contributed by atoms with Crippen LogP contribution in [0.15, 0.2) is 0 Å². The predicted octanol–water partition coefficient (Wildman–Crippen LogP) is -6.42. The average molecular weight is 676 g/mol. The van der Waals surface area contributed by atoms with Crippen molar-refractivity contribution in [2.24, 2.45) is 0 Å². The molecule has 0 aromatic heterocycles. The molecule has 2 saturated heterocycles. The quantitative estimate of drug-likeness (QED) is 0.0868. The Morgan fingerprint density at radius 1 is 0.750 bits per heavy atom. The largest absolute Gasteiger partial charge is 0.479 e. The molecule has 0 radical (unpaired) electrons. The van der Waals surface area contributed by atoms with Gasteiger partial charge >= 0.3 is 47.5 Å². The molecule has 0 spiro atoms. The summed E-state index contributed by atoms with van der Waals surface area (Å²) in [5.41, 5.74) is 0. The first kappa shape index (κ1) is 34.9. The molecule has 9 N–H and O–H groups in total. The summed E-state index contributed by atoms with van der Waals surface area (Å²) in [4.78, 5) is 11.7. The highest BCUT2D eigenvalue weighted by Crippen LogP contribution is 2.32. The molecule has 0 aromatic rings. The Balaban J connectivity index is 2.59. The van der Waals surface area contributed by atoms with Gasteiger partial charge in [0.2, 0.25) is 0 Å². The van der Waals surface area contributed by atoms with Crippen LogP contribution in [0, 0.1) is 0 Å². The van der Waals surface area contributed by atoms with Crippen LogP contribution >= 0.6 is 0 Å². The van der Waals surface area contributed by atoms with E-state index in [1.165, 1.54) is 4.72 Å². The molecule has 236 valence electrons. The van der Waals surface area contributed by atoms with Crippen LogP contribution in [0.2, 0.25) is 0 Å². The number of carboxylic acids is 1. The normalized spacial score (nSPS) is 36.3. The summed E-state index contributed by atoms with van der Waals surface area (Å²) in [5, 5.41) is 40.1. The van der Waals surface area contributed by atoms with Gasteiger partial charge in [-0.2, -0.15) is 38.4 Å². The Bertz CT molecular complexity index is 1340. The van der Waals surface area contributed by atoms with Gasteiger partial charge < -0.3 is 34.6 Å². The van der Waals surface area contributed by atoms with Gasteiger partial charge in [-0.05, 0) is 0 Å². The second-order valence-electron chi connectivity index (χ2n) is 7.72. The lowest BCUT2D eigenvalue weighted by molar-refractivity contribution is -0.330. The van der Waals surface area contributed by atoms with Gasteiger partial charge in [-0.15, -0.1) is 0 Å². The lowest BCUT2D eigenvalue weighted by atomic mass is 9.96. The van der Waals surface area contributed by atoms with Crippen molar-refractivity contribution < 1.29 is 104 Å². The van der Waals surface area contributed by atoms with Gasteiger partial charge in [0.25, 0.3) is 0 Å². The van der Waals surface area contributed by atoms with Crippen LogP contribution < -0.4 is 4.72 Å². The fraction of sp³-hybridized carbons (Fsp3) is 0.917. The summed E-state index contributed by atoms with van der Waals surface area (Å²) < 4.78 is 154. The zero-order valence-corrected chi connectivity index (χ0v) is 22.1. The Kier molecular flexibility index (Phi) is 10.9. The van der Waals surface area contributed by atoms with Gasteiger partial charge in [-0.3, -0.25) is 18.2 Å². The lowest BCUT2D eigenvalue weighted by Crippen LogP contribution is -2.68. The molecule has 0 amide bonds. The second-order valence-corrected chi connectivity index (χ2v) is 12.1. The first-order chi connectivity index (χ1) is 17.9. The molecule has 2 rings (SSSR count). The third kappa shape index (κ3) is 10.2. The zero-order chi connectivity index (χ0) is 31.0. The van der Waals surface area contributed by atoms with Crippen LogP contribution in [0.3, 0.4) is 0 Å². The third-order valence-electron chi connectivity index (χ3n) is 4.88. The first-order valence-electron chi connectivity index (χ1n) is 9.80. The van der Waals surface area contributed by atoms with Crippen molar-refractivity contribution in [2.75, 3.05) is 6.61 Å². The van der Waals surface area contributed by atoms with E-state index in [1.54, 1.807) is 0 Å². The van der Waals surface area contributed by atoms with E-state index in [0.717, 1.165) is 0 Å².